The molecule has 0 unspecified atom stereocenters. The number of carbonyl (C=O) groups excluding carboxylic acids is 2. The van der Waals surface area contributed by atoms with Gasteiger partial charge in [0.05, 0.1) is 18.7 Å². The minimum atomic E-state index is -0.713. The van der Waals surface area contributed by atoms with Crippen LogP contribution in [0.4, 0.5) is 4.79 Å². The van der Waals surface area contributed by atoms with Crippen LogP contribution in [0.5, 0.6) is 0 Å². The second-order valence-corrected chi connectivity index (χ2v) is 5.64. The van der Waals surface area contributed by atoms with E-state index in [9.17, 15) is 14.7 Å². The number of thioether (sulfide) groups is 1. The highest BCUT2D eigenvalue weighted by atomic mass is 32.2. The lowest BCUT2D eigenvalue weighted by Gasteiger charge is -2.44. The van der Waals surface area contributed by atoms with E-state index in [0.717, 1.165) is 12.3 Å². The van der Waals surface area contributed by atoms with E-state index in [-0.39, 0.29) is 11.1 Å². The van der Waals surface area contributed by atoms with Gasteiger partial charge in [-0.1, -0.05) is 11.8 Å². The summed E-state index contributed by atoms with van der Waals surface area (Å²) in [5.74, 6) is 0.849. The SMILES string of the molecule is CC1(O)CN(C(=O)CCN2CCSC2=O)C1. The monoisotopic (exact) mass is 244 g/mol. The summed E-state index contributed by atoms with van der Waals surface area (Å²) in [7, 11) is 0. The van der Waals surface area contributed by atoms with Crippen molar-refractivity contribution in [1.82, 2.24) is 9.80 Å². The molecule has 0 bridgehead atoms. The number of hydrogen-bond acceptors (Lipinski definition) is 4. The molecule has 2 amide bonds. The van der Waals surface area contributed by atoms with Gasteiger partial charge >= 0.3 is 0 Å². The van der Waals surface area contributed by atoms with Crippen LogP contribution in [-0.2, 0) is 4.79 Å². The Morgan fingerprint density at radius 2 is 2.25 bits per heavy atom. The molecule has 2 heterocycles. The van der Waals surface area contributed by atoms with Crippen LogP contribution in [0, 0.1) is 0 Å². The van der Waals surface area contributed by atoms with Crippen molar-refractivity contribution < 1.29 is 14.7 Å². The number of likely N-dealkylation sites (tertiary alicyclic amines) is 1. The number of carbonyl (C=O) groups is 2. The van der Waals surface area contributed by atoms with Gasteiger partial charge < -0.3 is 14.9 Å². The first-order valence-corrected chi connectivity index (χ1v) is 6.38. The second-order valence-electron chi connectivity index (χ2n) is 4.60. The predicted molar refractivity (Wildman–Crippen MR) is 61.2 cm³/mol. The summed E-state index contributed by atoms with van der Waals surface area (Å²) in [4.78, 5) is 26.3. The fourth-order valence-electron chi connectivity index (χ4n) is 1.97. The van der Waals surface area contributed by atoms with Crippen LogP contribution in [0.3, 0.4) is 0 Å². The Labute approximate surface area is 98.8 Å². The van der Waals surface area contributed by atoms with Crippen molar-refractivity contribution in [2.45, 2.75) is 18.9 Å². The molecule has 0 aromatic carbocycles. The maximum absolute atomic E-state index is 11.6. The van der Waals surface area contributed by atoms with Gasteiger partial charge in [-0.25, -0.2) is 0 Å². The maximum atomic E-state index is 11.6. The zero-order valence-electron chi connectivity index (χ0n) is 9.31. The van der Waals surface area contributed by atoms with Crippen molar-refractivity contribution in [3.8, 4) is 0 Å². The molecule has 0 aromatic heterocycles. The highest BCUT2D eigenvalue weighted by Gasteiger charge is 2.39. The second kappa shape index (κ2) is 4.25. The summed E-state index contributed by atoms with van der Waals surface area (Å²) in [6.07, 6.45) is 0.363. The lowest BCUT2D eigenvalue weighted by Crippen LogP contribution is -2.61. The van der Waals surface area contributed by atoms with Gasteiger partial charge in [-0.05, 0) is 6.92 Å². The molecule has 0 spiro atoms. The van der Waals surface area contributed by atoms with Crippen LogP contribution < -0.4 is 0 Å². The minimum Gasteiger partial charge on any atom is -0.386 e. The number of aliphatic hydroxyl groups is 1. The van der Waals surface area contributed by atoms with Gasteiger partial charge in [0.15, 0.2) is 0 Å². The molecule has 2 fully saturated rings. The molecular formula is C10H16N2O3S. The van der Waals surface area contributed by atoms with Crippen molar-refractivity contribution in [1.29, 1.82) is 0 Å². The van der Waals surface area contributed by atoms with Crippen LogP contribution in [0.15, 0.2) is 0 Å². The quantitative estimate of drug-likeness (QED) is 0.767. The van der Waals surface area contributed by atoms with E-state index in [1.54, 1.807) is 16.7 Å². The van der Waals surface area contributed by atoms with Gasteiger partial charge in [-0.15, -0.1) is 0 Å². The summed E-state index contributed by atoms with van der Waals surface area (Å²) in [5, 5.41) is 9.57. The third kappa shape index (κ3) is 2.49. The Kier molecular flexibility index (Phi) is 3.12. The van der Waals surface area contributed by atoms with Crippen LogP contribution in [0.25, 0.3) is 0 Å². The van der Waals surface area contributed by atoms with Gasteiger partial charge in [-0.2, -0.15) is 0 Å². The van der Waals surface area contributed by atoms with Gasteiger partial charge in [0.1, 0.15) is 0 Å². The van der Waals surface area contributed by atoms with Crippen LogP contribution in [0.1, 0.15) is 13.3 Å². The standard InChI is InChI=1S/C10H16N2O3S/c1-10(15)6-12(7-10)8(13)2-3-11-4-5-16-9(11)14/h15H,2-7H2,1H3. The average molecular weight is 244 g/mol. The van der Waals surface area contributed by atoms with E-state index in [4.69, 9.17) is 0 Å². The van der Waals surface area contributed by atoms with Crippen LogP contribution >= 0.6 is 11.8 Å². The van der Waals surface area contributed by atoms with Crippen molar-refractivity contribution >= 4 is 22.9 Å². The molecule has 0 radical (unpaired) electrons. The lowest BCUT2D eigenvalue weighted by molar-refractivity contribution is -0.152. The van der Waals surface area contributed by atoms with Gasteiger partial charge in [0, 0.05) is 25.3 Å². The molecule has 0 saturated carbocycles. The average Bonchev–Trinajstić information content (AvgIpc) is 2.56. The van der Waals surface area contributed by atoms with Crippen LogP contribution in [-0.4, -0.2) is 63.6 Å². The molecule has 2 aliphatic rings. The third-order valence-corrected chi connectivity index (χ3v) is 3.75. The Morgan fingerprint density at radius 3 is 2.75 bits per heavy atom. The normalized spacial score (nSPS) is 23.5. The van der Waals surface area contributed by atoms with Crippen molar-refractivity contribution in [2.75, 3.05) is 31.9 Å². The Morgan fingerprint density at radius 1 is 1.56 bits per heavy atom. The molecule has 0 atom stereocenters. The van der Waals surface area contributed by atoms with E-state index in [1.165, 1.54) is 11.8 Å². The number of amides is 2. The largest absolute Gasteiger partial charge is 0.386 e. The summed E-state index contributed by atoms with van der Waals surface area (Å²) < 4.78 is 0. The summed E-state index contributed by atoms with van der Waals surface area (Å²) in [6.45, 7) is 3.79. The molecule has 1 N–H and O–H groups in total. The molecule has 0 aliphatic carbocycles. The number of β-amino-alcohol motifs (C(OH)–C–C–N with tert-alkyl or cyclic N) is 1. The Balaban J connectivity index is 1.70. The molecule has 5 nitrogen and oxygen atoms in total. The highest BCUT2D eigenvalue weighted by molar-refractivity contribution is 8.13. The number of nitrogens with zero attached hydrogens (tertiary/aromatic N) is 2. The van der Waals surface area contributed by atoms with Gasteiger partial charge in [-0.3, -0.25) is 9.59 Å². The van der Waals surface area contributed by atoms with E-state index in [2.05, 4.69) is 0 Å². The third-order valence-electron chi connectivity index (χ3n) is 2.86. The fourth-order valence-corrected chi connectivity index (χ4v) is 2.82. The van der Waals surface area contributed by atoms with E-state index in [0.29, 0.717) is 26.1 Å². The zero-order valence-corrected chi connectivity index (χ0v) is 10.1. The smallest absolute Gasteiger partial charge is 0.281 e. The van der Waals surface area contributed by atoms with Crippen molar-refractivity contribution in [3.63, 3.8) is 0 Å². The Hall–Kier alpha value is -0.750. The van der Waals surface area contributed by atoms with E-state index < -0.39 is 5.60 Å². The molecule has 90 valence electrons. The van der Waals surface area contributed by atoms with Crippen molar-refractivity contribution in [2.24, 2.45) is 0 Å². The molecule has 2 rings (SSSR count). The highest BCUT2D eigenvalue weighted by Crippen LogP contribution is 2.21. The maximum Gasteiger partial charge on any atom is 0.281 e. The van der Waals surface area contributed by atoms with Gasteiger partial charge in [0.25, 0.3) is 5.24 Å². The van der Waals surface area contributed by atoms with E-state index in [1.807, 2.05) is 0 Å². The Bertz CT molecular complexity index is 311. The predicted octanol–water partition coefficient (Wildman–Crippen LogP) is 0.139. The summed E-state index contributed by atoms with van der Waals surface area (Å²) >= 11 is 1.31. The molecule has 6 heteroatoms. The molecule has 0 aromatic rings. The zero-order chi connectivity index (χ0) is 11.8. The summed E-state index contributed by atoms with van der Waals surface area (Å²) in [5.41, 5.74) is -0.713. The minimum absolute atomic E-state index is 0.0243. The summed E-state index contributed by atoms with van der Waals surface area (Å²) in [6, 6.07) is 0. The first-order valence-electron chi connectivity index (χ1n) is 5.40. The topological polar surface area (TPSA) is 60.9 Å². The molecule has 16 heavy (non-hydrogen) atoms. The van der Waals surface area contributed by atoms with Crippen LogP contribution in [0.2, 0.25) is 0 Å². The molecule has 2 saturated heterocycles. The van der Waals surface area contributed by atoms with Crippen molar-refractivity contribution in [3.05, 3.63) is 0 Å². The van der Waals surface area contributed by atoms with Gasteiger partial charge in [0.2, 0.25) is 5.91 Å². The molecule has 2 aliphatic heterocycles. The first kappa shape index (κ1) is 11.7. The van der Waals surface area contributed by atoms with E-state index >= 15 is 0 Å². The molecular weight excluding hydrogens is 228 g/mol. The first-order chi connectivity index (χ1) is 7.48. The number of rotatable bonds is 3. The number of hydrogen-bond donors (Lipinski definition) is 1. The lowest BCUT2D eigenvalue weighted by atomic mass is 9.96. The fraction of sp³-hybridized carbons (Fsp3) is 0.800.